The van der Waals surface area contributed by atoms with E-state index in [2.05, 4.69) is 9.47 Å². The minimum Gasteiger partial charge on any atom is -0.468 e. The highest BCUT2D eigenvalue weighted by atomic mass is 35.5. The van der Waals surface area contributed by atoms with Gasteiger partial charge in [0.15, 0.2) is 0 Å². The Morgan fingerprint density at radius 1 is 1.20 bits per heavy atom. The van der Waals surface area contributed by atoms with E-state index in [1.54, 1.807) is 4.90 Å². The number of methoxy groups -OCH3 is 2. The molecular formula is C9H14ClNO4. The van der Waals surface area contributed by atoms with Crippen molar-refractivity contribution in [2.24, 2.45) is 0 Å². The van der Waals surface area contributed by atoms with Crippen molar-refractivity contribution in [2.45, 2.75) is 24.9 Å². The molecule has 1 fully saturated rings. The van der Waals surface area contributed by atoms with Crippen LogP contribution < -0.4 is 0 Å². The first-order valence-corrected chi connectivity index (χ1v) is 5.16. The van der Waals surface area contributed by atoms with Crippen molar-refractivity contribution in [3.05, 3.63) is 0 Å². The molecule has 0 bridgehead atoms. The van der Waals surface area contributed by atoms with E-state index in [0.29, 0.717) is 12.8 Å². The summed E-state index contributed by atoms with van der Waals surface area (Å²) in [7, 11) is 2.64. The lowest BCUT2D eigenvalue weighted by atomic mass is 10.2. The van der Waals surface area contributed by atoms with Crippen LogP contribution in [0.15, 0.2) is 0 Å². The second-order valence-corrected chi connectivity index (χ2v) is 3.53. The molecule has 1 rings (SSSR count). The van der Waals surface area contributed by atoms with Crippen molar-refractivity contribution >= 4 is 23.5 Å². The van der Waals surface area contributed by atoms with Gasteiger partial charge in [0.2, 0.25) is 0 Å². The standard InChI is InChI=1S/C9H14ClNO4/c1-14-8(12)6-3-4-7(9(13)15-2)11(6)5-10/h6-7H,3-5H2,1-2H3/t6-,7+. The molecule has 6 heteroatoms. The number of rotatable bonds is 3. The van der Waals surface area contributed by atoms with E-state index in [-0.39, 0.29) is 17.9 Å². The Hall–Kier alpha value is -0.810. The molecule has 1 saturated heterocycles. The Labute approximate surface area is 93.3 Å². The zero-order valence-electron chi connectivity index (χ0n) is 8.73. The van der Waals surface area contributed by atoms with E-state index in [0.717, 1.165) is 0 Å². The van der Waals surface area contributed by atoms with Crippen LogP contribution in [0.25, 0.3) is 0 Å². The van der Waals surface area contributed by atoms with E-state index in [1.165, 1.54) is 14.2 Å². The van der Waals surface area contributed by atoms with Gasteiger partial charge in [-0.05, 0) is 12.8 Å². The molecule has 0 aromatic carbocycles. The summed E-state index contributed by atoms with van der Waals surface area (Å²) in [5.74, 6) is -0.718. The monoisotopic (exact) mass is 235 g/mol. The van der Waals surface area contributed by atoms with Gasteiger partial charge in [-0.15, -0.1) is 11.6 Å². The van der Waals surface area contributed by atoms with Gasteiger partial charge in [-0.3, -0.25) is 14.5 Å². The molecule has 0 aromatic heterocycles. The highest BCUT2D eigenvalue weighted by Crippen LogP contribution is 2.26. The summed E-state index contributed by atoms with van der Waals surface area (Å²) in [5, 5.41) is 0. The van der Waals surface area contributed by atoms with Gasteiger partial charge in [0.1, 0.15) is 12.1 Å². The summed E-state index contributed by atoms with van der Waals surface area (Å²) in [4.78, 5) is 24.3. The predicted octanol–water partition coefficient (Wildman–Crippen LogP) is 0.362. The lowest BCUT2D eigenvalue weighted by Gasteiger charge is -2.24. The fourth-order valence-corrected chi connectivity index (χ4v) is 2.14. The van der Waals surface area contributed by atoms with Crippen LogP contribution in [0.1, 0.15) is 12.8 Å². The molecule has 86 valence electrons. The second-order valence-electron chi connectivity index (χ2n) is 3.29. The first-order chi connectivity index (χ1) is 7.15. The number of carbonyl (C=O) groups is 2. The maximum atomic E-state index is 11.4. The van der Waals surface area contributed by atoms with Crippen molar-refractivity contribution in [3.8, 4) is 0 Å². The van der Waals surface area contributed by atoms with Gasteiger partial charge in [0.05, 0.1) is 20.2 Å². The summed E-state index contributed by atoms with van der Waals surface area (Å²) in [6.07, 6.45) is 1.14. The Morgan fingerprint density at radius 2 is 1.60 bits per heavy atom. The quantitative estimate of drug-likeness (QED) is 0.402. The lowest BCUT2D eigenvalue weighted by Crippen LogP contribution is -2.44. The summed E-state index contributed by atoms with van der Waals surface area (Å²) >= 11 is 5.71. The Kier molecular flexibility index (Phi) is 4.35. The summed E-state index contributed by atoms with van der Waals surface area (Å²) < 4.78 is 9.27. The molecule has 1 aliphatic rings. The number of likely N-dealkylation sites (tertiary alicyclic amines) is 1. The molecule has 0 amide bonds. The highest BCUT2D eigenvalue weighted by Gasteiger charge is 2.42. The molecule has 0 unspecified atom stereocenters. The van der Waals surface area contributed by atoms with E-state index < -0.39 is 12.1 Å². The van der Waals surface area contributed by atoms with Crippen LogP contribution in [0.2, 0.25) is 0 Å². The lowest BCUT2D eigenvalue weighted by molar-refractivity contribution is -0.150. The number of nitrogens with zero attached hydrogens (tertiary/aromatic N) is 1. The molecule has 0 radical (unpaired) electrons. The minimum absolute atomic E-state index is 0.111. The highest BCUT2D eigenvalue weighted by molar-refractivity contribution is 6.17. The third-order valence-electron chi connectivity index (χ3n) is 2.60. The van der Waals surface area contributed by atoms with Gasteiger partial charge >= 0.3 is 11.9 Å². The van der Waals surface area contributed by atoms with Crippen molar-refractivity contribution < 1.29 is 19.1 Å². The van der Waals surface area contributed by atoms with E-state index >= 15 is 0 Å². The zero-order chi connectivity index (χ0) is 11.4. The molecule has 0 N–H and O–H groups in total. The minimum atomic E-state index is -0.434. The fraction of sp³-hybridized carbons (Fsp3) is 0.778. The number of hydrogen-bond donors (Lipinski definition) is 0. The van der Waals surface area contributed by atoms with Crippen LogP contribution in [0.3, 0.4) is 0 Å². The number of ether oxygens (including phenoxy) is 2. The molecule has 0 spiro atoms. The fourth-order valence-electron chi connectivity index (χ4n) is 1.81. The summed E-state index contributed by atoms with van der Waals surface area (Å²) in [5.41, 5.74) is 0. The number of halogens is 1. The number of carbonyl (C=O) groups excluding carboxylic acids is 2. The number of hydrogen-bond acceptors (Lipinski definition) is 5. The largest absolute Gasteiger partial charge is 0.468 e. The molecule has 2 atom stereocenters. The summed E-state index contributed by atoms with van der Waals surface area (Å²) in [6.45, 7) is 0. The van der Waals surface area contributed by atoms with E-state index in [4.69, 9.17) is 11.6 Å². The van der Waals surface area contributed by atoms with Crippen molar-refractivity contribution in [1.82, 2.24) is 4.90 Å². The maximum absolute atomic E-state index is 11.4. The smallest absolute Gasteiger partial charge is 0.323 e. The molecule has 0 aliphatic carbocycles. The van der Waals surface area contributed by atoms with Crippen LogP contribution >= 0.6 is 11.6 Å². The zero-order valence-corrected chi connectivity index (χ0v) is 9.49. The molecular weight excluding hydrogens is 222 g/mol. The van der Waals surface area contributed by atoms with E-state index in [1.807, 2.05) is 0 Å². The third-order valence-corrected chi connectivity index (χ3v) is 2.87. The van der Waals surface area contributed by atoms with E-state index in [9.17, 15) is 9.59 Å². The van der Waals surface area contributed by atoms with Crippen LogP contribution in [-0.2, 0) is 19.1 Å². The number of alkyl halides is 1. The Balaban J connectivity index is 2.73. The second kappa shape index (κ2) is 5.32. The normalized spacial score (nSPS) is 26.3. The molecule has 1 aliphatic heterocycles. The summed E-state index contributed by atoms with van der Waals surface area (Å²) in [6, 6.07) is -0.757. The topological polar surface area (TPSA) is 55.8 Å². The van der Waals surface area contributed by atoms with Crippen LogP contribution in [0, 0.1) is 0 Å². The first-order valence-electron chi connectivity index (χ1n) is 4.63. The van der Waals surface area contributed by atoms with Gasteiger partial charge in [-0.25, -0.2) is 0 Å². The maximum Gasteiger partial charge on any atom is 0.323 e. The molecule has 1 heterocycles. The van der Waals surface area contributed by atoms with Gasteiger partial charge in [-0.1, -0.05) is 0 Å². The van der Waals surface area contributed by atoms with Gasteiger partial charge in [0.25, 0.3) is 0 Å². The predicted molar refractivity (Wildman–Crippen MR) is 53.4 cm³/mol. The first kappa shape index (κ1) is 12.3. The van der Waals surface area contributed by atoms with Crippen LogP contribution in [0.4, 0.5) is 0 Å². The molecule has 0 aromatic rings. The van der Waals surface area contributed by atoms with Gasteiger partial charge in [0, 0.05) is 0 Å². The average molecular weight is 236 g/mol. The van der Waals surface area contributed by atoms with Crippen LogP contribution in [0.5, 0.6) is 0 Å². The molecule has 5 nitrogen and oxygen atoms in total. The SMILES string of the molecule is COC(=O)[C@H]1CC[C@@H](C(=O)OC)N1CCl. The van der Waals surface area contributed by atoms with Gasteiger partial charge in [-0.2, -0.15) is 0 Å². The number of esters is 2. The Morgan fingerprint density at radius 3 is 1.87 bits per heavy atom. The van der Waals surface area contributed by atoms with Gasteiger partial charge < -0.3 is 9.47 Å². The third kappa shape index (κ3) is 2.41. The van der Waals surface area contributed by atoms with Crippen LogP contribution in [-0.4, -0.2) is 49.1 Å². The average Bonchev–Trinajstić information content (AvgIpc) is 2.70. The Bertz CT molecular complexity index is 234. The van der Waals surface area contributed by atoms with Crippen molar-refractivity contribution in [3.63, 3.8) is 0 Å². The molecule has 0 saturated carbocycles. The molecule has 15 heavy (non-hydrogen) atoms. The van der Waals surface area contributed by atoms with Crippen molar-refractivity contribution in [2.75, 3.05) is 20.2 Å². The van der Waals surface area contributed by atoms with Crippen molar-refractivity contribution in [1.29, 1.82) is 0 Å².